The number of rotatable bonds is 2. The fraction of sp³-hybridized carbons (Fsp3) is 0.133. The van der Waals surface area contributed by atoms with Crippen molar-refractivity contribution in [2.24, 2.45) is 0 Å². The number of para-hydroxylation sites is 3. The Morgan fingerprint density at radius 2 is 1.55 bits per heavy atom. The number of hydrogen-bond acceptors (Lipinski definition) is 3. The van der Waals surface area contributed by atoms with Crippen LogP contribution in [0.2, 0.25) is 0 Å². The molecule has 0 saturated carbocycles. The molecule has 0 spiro atoms. The minimum atomic E-state index is -0.859. The zero-order valence-corrected chi connectivity index (χ0v) is 13.3. The number of carboxylic acid groups (broad SMARTS) is 1. The van der Waals surface area contributed by atoms with Gasteiger partial charge in [-0.15, -0.1) is 24.0 Å². The van der Waals surface area contributed by atoms with E-state index in [0.717, 1.165) is 17.1 Å². The summed E-state index contributed by atoms with van der Waals surface area (Å²) in [5.74, 6) is -0.859. The van der Waals surface area contributed by atoms with Gasteiger partial charge in [0.15, 0.2) is 0 Å². The maximum absolute atomic E-state index is 11.6. The Hall–Kier alpha value is -1.76. The molecule has 5 heteroatoms. The Morgan fingerprint density at radius 3 is 2.15 bits per heavy atom. The van der Waals surface area contributed by atoms with Gasteiger partial charge in [-0.1, -0.05) is 30.3 Å². The van der Waals surface area contributed by atoms with Crippen LogP contribution in [0.3, 0.4) is 0 Å². The number of hydrogen-bond donors (Lipinski definition) is 1. The van der Waals surface area contributed by atoms with Crippen LogP contribution in [0.25, 0.3) is 0 Å². The molecular formula is C15H15IN2O2. The molecule has 3 rings (SSSR count). The first-order valence-electron chi connectivity index (χ1n) is 6.09. The Kier molecular flexibility index (Phi) is 4.17. The highest BCUT2D eigenvalue weighted by Crippen LogP contribution is 2.42. The first kappa shape index (κ1) is 14.6. The summed E-state index contributed by atoms with van der Waals surface area (Å²) in [5.41, 5.74) is 2.73. The highest BCUT2D eigenvalue weighted by molar-refractivity contribution is 14.0. The molecule has 0 bridgehead atoms. The fourth-order valence-corrected chi connectivity index (χ4v) is 2.55. The van der Waals surface area contributed by atoms with Crippen molar-refractivity contribution in [2.45, 2.75) is 6.17 Å². The fourth-order valence-electron chi connectivity index (χ4n) is 2.55. The predicted molar refractivity (Wildman–Crippen MR) is 90.3 cm³/mol. The molecule has 2 aromatic carbocycles. The number of anilines is 3. The predicted octanol–water partition coefficient (Wildman–Crippen LogP) is 3.30. The number of nitrogens with zero attached hydrogens (tertiary/aromatic N) is 2. The number of likely N-dealkylation sites (N-methyl/N-ethyl adjacent to an activating group) is 1. The lowest BCUT2D eigenvalue weighted by atomic mass is 10.2. The highest BCUT2D eigenvalue weighted by Gasteiger charge is 2.39. The third-order valence-corrected chi connectivity index (χ3v) is 3.39. The van der Waals surface area contributed by atoms with E-state index >= 15 is 0 Å². The third-order valence-electron chi connectivity index (χ3n) is 3.39. The van der Waals surface area contributed by atoms with Gasteiger partial charge in [0.1, 0.15) is 0 Å². The normalized spacial score (nSPS) is 16.6. The molecule has 1 aliphatic rings. The van der Waals surface area contributed by atoms with E-state index in [9.17, 15) is 9.90 Å². The minimum absolute atomic E-state index is 0. The van der Waals surface area contributed by atoms with Gasteiger partial charge in [-0.3, -0.25) is 0 Å². The van der Waals surface area contributed by atoms with Gasteiger partial charge in [-0.05, 0) is 24.3 Å². The summed E-state index contributed by atoms with van der Waals surface area (Å²) < 4.78 is 0. The molecule has 1 aliphatic heterocycles. The minimum Gasteiger partial charge on any atom is -0.478 e. The van der Waals surface area contributed by atoms with Crippen molar-refractivity contribution in [3.05, 3.63) is 54.6 Å². The first-order chi connectivity index (χ1) is 9.20. The Bertz CT molecular complexity index is 618. The number of aliphatic carboxylic acids is 1. The number of halogens is 1. The molecule has 0 amide bonds. The zero-order valence-electron chi connectivity index (χ0n) is 10.9. The van der Waals surface area contributed by atoms with Crippen LogP contribution in [0, 0.1) is 0 Å². The molecule has 104 valence electrons. The van der Waals surface area contributed by atoms with Crippen LogP contribution in [0.4, 0.5) is 17.1 Å². The van der Waals surface area contributed by atoms with Crippen LogP contribution in [-0.2, 0) is 4.79 Å². The van der Waals surface area contributed by atoms with Gasteiger partial charge in [-0.2, -0.15) is 0 Å². The average Bonchev–Trinajstić information content (AvgIpc) is 2.74. The lowest BCUT2D eigenvalue weighted by molar-refractivity contribution is -0.138. The van der Waals surface area contributed by atoms with Crippen molar-refractivity contribution < 1.29 is 9.90 Å². The number of carboxylic acids is 1. The van der Waals surface area contributed by atoms with E-state index < -0.39 is 12.1 Å². The second-order valence-electron chi connectivity index (χ2n) is 4.52. The van der Waals surface area contributed by atoms with Gasteiger partial charge in [0, 0.05) is 12.7 Å². The van der Waals surface area contributed by atoms with Crippen molar-refractivity contribution in [1.82, 2.24) is 0 Å². The molecular weight excluding hydrogens is 367 g/mol. The van der Waals surface area contributed by atoms with Gasteiger partial charge >= 0.3 is 5.97 Å². The summed E-state index contributed by atoms with van der Waals surface area (Å²) in [7, 11) is 1.81. The number of carbonyl (C=O) groups is 1. The van der Waals surface area contributed by atoms with E-state index in [2.05, 4.69) is 0 Å². The molecule has 0 fully saturated rings. The van der Waals surface area contributed by atoms with Crippen molar-refractivity contribution in [3.8, 4) is 0 Å². The summed E-state index contributed by atoms with van der Waals surface area (Å²) in [4.78, 5) is 15.2. The molecule has 1 atom stereocenters. The van der Waals surface area contributed by atoms with Gasteiger partial charge in [-0.25, -0.2) is 4.79 Å². The van der Waals surface area contributed by atoms with Gasteiger partial charge in [0.05, 0.1) is 11.4 Å². The third kappa shape index (κ3) is 2.22. The summed E-state index contributed by atoms with van der Waals surface area (Å²) in [6.07, 6.45) is -0.709. The molecule has 4 nitrogen and oxygen atoms in total. The monoisotopic (exact) mass is 382 g/mol. The highest BCUT2D eigenvalue weighted by atomic mass is 127. The molecule has 0 aliphatic carbocycles. The van der Waals surface area contributed by atoms with Crippen molar-refractivity contribution >= 4 is 47.0 Å². The molecule has 1 N–H and O–H groups in total. The summed E-state index contributed by atoms with van der Waals surface area (Å²) in [6.45, 7) is 0. The van der Waals surface area contributed by atoms with Crippen LogP contribution < -0.4 is 9.80 Å². The lowest BCUT2D eigenvalue weighted by Gasteiger charge is -2.27. The van der Waals surface area contributed by atoms with Gasteiger partial charge in [0.25, 0.3) is 0 Å². The standard InChI is InChI=1S/C15H14N2O2.HI/c1-16-12-9-5-6-10-13(12)17(14(16)15(18)19)11-7-3-2-4-8-11;/h2-10,14H,1H3,(H,18,19);1H. The largest absolute Gasteiger partial charge is 0.478 e. The number of benzene rings is 2. The van der Waals surface area contributed by atoms with Gasteiger partial charge in [0.2, 0.25) is 6.17 Å². The van der Waals surface area contributed by atoms with Crippen LogP contribution in [0.1, 0.15) is 0 Å². The quantitative estimate of drug-likeness (QED) is 0.810. The first-order valence-corrected chi connectivity index (χ1v) is 6.09. The Morgan fingerprint density at radius 1 is 1.00 bits per heavy atom. The number of fused-ring (bicyclic) bond motifs is 1. The SMILES string of the molecule is CN1c2ccccc2N(c2ccccc2)C1C(=O)O.I. The van der Waals surface area contributed by atoms with Gasteiger partial charge < -0.3 is 14.9 Å². The van der Waals surface area contributed by atoms with Crippen LogP contribution in [0.5, 0.6) is 0 Å². The Balaban J connectivity index is 0.00000147. The molecule has 0 radical (unpaired) electrons. The van der Waals surface area contributed by atoms with E-state index in [1.54, 1.807) is 11.9 Å². The van der Waals surface area contributed by atoms with Crippen molar-refractivity contribution in [2.75, 3.05) is 16.8 Å². The molecule has 20 heavy (non-hydrogen) atoms. The van der Waals surface area contributed by atoms with Crippen LogP contribution >= 0.6 is 24.0 Å². The van der Waals surface area contributed by atoms with E-state index in [-0.39, 0.29) is 24.0 Å². The maximum atomic E-state index is 11.6. The average molecular weight is 382 g/mol. The zero-order chi connectivity index (χ0) is 13.4. The molecule has 1 heterocycles. The summed E-state index contributed by atoms with van der Waals surface area (Å²) in [6, 6.07) is 17.3. The van der Waals surface area contributed by atoms with E-state index in [0.29, 0.717) is 0 Å². The maximum Gasteiger partial charge on any atom is 0.347 e. The van der Waals surface area contributed by atoms with E-state index in [4.69, 9.17) is 0 Å². The molecule has 0 saturated heterocycles. The van der Waals surface area contributed by atoms with E-state index in [1.165, 1.54) is 0 Å². The second-order valence-corrected chi connectivity index (χ2v) is 4.52. The van der Waals surface area contributed by atoms with Crippen molar-refractivity contribution in [1.29, 1.82) is 0 Å². The van der Waals surface area contributed by atoms with Crippen LogP contribution in [0.15, 0.2) is 54.6 Å². The van der Waals surface area contributed by atoms with Crippen molar-refractivity contribution in [3.63, 3.8) is 0 Å². The summed E-state index contributed by atoms with van der Waals surface area (Å²) >= 11 is 0. The Labute approximate surface area is 134 Å². The lowest BCUT2D eigenvalue weighted by Crippen LogP contribution is -2.45. The summed E-state index contributed by atoms with van der Waals surface area (Å²) in [5, 5.41) is 9.50. The topological polar surface area (TPSA) is 43.8 Å². The molecule has 2 aromatic rings. The molecule has 1 unspecified atom stereocenters. The van der Waals surface area contributed by atoms with Crippen LogP contribution in [-0.4, -0.2) is 24.3 Å². The smallest absolute Gasteiger partial charge is 0.347 e. The molecule has 0 aromatic heterocycles. The second kappa shape index (κ2) is 5.70. The van der Waals surface area contributed by atoms with E-state index in [1.807, 2.05) is 59.5 Å².